The van der Waals surface area contributed by atoms with Gasteiger partial charge in [-0.25, -0.2) is 0 Å². The molecule has 0 bridgehead atoms. The van der Waals surface area contributed by atoms with E-state index < -0.39 is 0 Å². The topological polar surface area (TPSA) is 44.5 Å². The predicted molar refractivity (Wildman–Crippen MR) is 89.3 cm³/mol. The number of nitrogens with two attached hydrogens (primary N) is 1. The number of hydrogen-bond acceptors (Lipinski definition) is 3. The Morgan fingerprint density at radius 1 is 0.905 bits per heavy atom. The summed E-state index contributed by atoms with van der Waals surface area (Å²) in [4.78, 5) is 0. The van der Waals surface area contributed by atoms with Crippen LogP contribution >= 0.6 is 0 Å². The Balaban J connectivity index is 1.64. The Kier molecular flexibility index (Phi) is 5.00. The third-order valence-electron chi connectivity index (χ3n) is 4.69. The maximum Gasteiger partial charge on any atom is 0.457 e. The van der Waals surface area contributed by atoms with E-state index in [-0.39, 0.29) is 18.3 Å². The second-order valence-electron chi connectivity index (χ2n) is 7.03. The quantitative estimate of drug-likeness (QED) is 0.487. The van der Waals surface area contributed by atoms with E-state index in [2.05, 4.69) is 39.8 Å². The summed E-state index contributed by atoms with van der Waals surface area (Å²) in [5, 5.41) is 0. The molecular formula is C17H28BNO2. The van der Waals surface area contributed by atoms with E-state index in [4.69, 9.17) is 15.0 Å². The van der Waals surface area contributed by atoms with Crippen molar-refractivity contribution in [2.24, 2.45) is 0 Å². The van der Waals surface area contributed by atoms with E-state index in [1.807, 2.05) is 12.1 Å². The fourth-order valence-corrected chi connectivity index (χ4v) is 2.58. The summed E-state index contributed by atoms with van der Waals surface area (Å²) < 4.78 is 12.0. The summed E-state index contributed by atoms with van der Waals surface area (Å²) in [6.07, 6.45) is 5.64. The van der Waals surface area contributed by atoms with Gasteiger partial charge < -0.3 is 15.0 Å². The van der Waals surface area contributed by atoms with E-state index in [0.717, 1.165) is 24.8 Å². The Bertz CT molecular complexity index is 440. The van der Waals surface area contributed by atoms with Gasteiger partial charge in [0.05, 0.1) is 11.2 Å². The minimum absolute atomic E-state index is 0.0495. The first kappa shape index (κ1) is 16.4. The molecule has 1 aromatic rings. The largest absolute Gasteiger partial charge is 0.457 e. The molecule has 0 aliphatic carbocycles. The molecule has 0 atom stereocenters. The zero-order valence-electron chi connectivity index (χ0n) is 13.8. The summed E-state index contributed by atoms with van der Waals surface area (Å²) in [5.41, 5.74) is 7.47. The highest BCUT2D eigenvalue weighted by Gasteiger charge is 2.50. The Hall–Kier alpha value is -0.995. The van der Waals surface area contributed by atoms with Crippen molar-refractivity contribution < 1.29 is 9.31 Å². The number of hydrogen-bond donors (Lipinski definition) is 1. The normalized spacial score (nSPS) is 19.9. The molecule has 1 aliphatic rings. The lowest BCUT2D eigenvalue weighted by molar-refractivity contribution is 0.00578. The highest BCUT2D eigenvalue weighted by Crippen LogP contribution is 2.38. The molecule has 3 nitrogen and oxygen atoms in total. The number of rotatable bonds is 6. The van der Waals surface area contributed by atoms with Crippen LogP contribution in [0.1, 0.15) is 52.5 Å². The minimum atomic E-state index is -0.207. The summed E-state index contributed by atoms with van der Waals surface area (Å²) >= 11 is 0. The van der Waals surface area contributed by atoms with Gasteiger partial charge in [0.15, 0.2) is 0 Å². The SMILES string of the molecule is CC1(C)OB(CCCCCc2ccc(N)cc2)OC1(C)C. The van der Waals surface area contributed by atoms with E-state index in [9.17, 15) is 0 Å². The Labute approximate surface area is 129 Å². The second-order valence-corrected chi connectivity index (χ2v) is 7.03. The van der Waals surface area contributed by atoms with Gasteiger partial charge >= 0.3 is 7.12 Å². The molecule has 1 aromatic carbocycles. The molecule has 1 aliphatic heterocycles. The van der Waals surface area contributed by atoms with Crippen LogP contribution in [0.15, 0.2) is 24.3 Å². The van der Waals surface area contributed by atoms with Gasteiger partial charge in [-0.05, 0) is 64.6 Å². The third kappa shape index (κ3) is 4.24. The van der Waals surface area contributed by atoms with Gasteiger partial charge in [0.2, 0.25) is 0 Å². The number of aryl methyl sites for hydroxylation is 1. The highest BCUT2D eigenvalue weighted by atomic mass is 16.7. The van der Waals surface area contributed by atoms with Crippen molar-refractivity contribution in [2.45, 2.75) is 70.9 Å². The van der Waals surface area contributed by atoms with Crippen molar-refractivity contribution in [3.63, 3.8) is 0 Å². The van der Waals surface area contributed by atoms with Gasteiger partial charge in [0.1, 0.15) is 0 Å². The summed E-state index contributed by atoms with van der Waals surface area (Å²) in [7, 11) is -0.0495. The van der Waals surface area contributed by atoms with Crippen LogP contribution in [0.25, 0.3) is 0 Å². The second kappa shape index (κ2) is 6.41. The Morgan fingerprint density at radius 2 is 1.48 bits per heavy atom. The molecule has 0 unspecified atom stereocenters. The minimum Gasteiger partial charge on any atom is -0.403 e. The number of unbranched alkanes of at least 4 members (excludes halogenated alkanes) is 2. The standard InChI is InChI=1S/C17H28BNO2/c1-16(2)17(3,4)21-18(20-16)13-7-5-6-8-14-9-11-15(19)12-10-14/h9-12H,5-8,13,19H2,1-4H3. The van der Waals surface area contributed by atoms with Gasteiger partial charge in [-0.1, -0.05) is 25.0 Å². The molecule has 21 heavy (non-hydrogen) atoms. The molecule has 1 fully saturated rings. The lowest BCUT2D eigenvalue weighted by Gasteiger charge is -2.32. The molecule has 1 heterocycles. The molecule has 2 rings (SSSR count). The maximum absolute atomic E-state index is 6.01. The van der Waals surface area contributed by atoms with Gasteiger partial charge in [0.25, 0.3) is 0 Å². The van der Waals surface area contributed by atoms with E-state index in [0.29, 0.717) is 0 Å². The first-order valence-corrected chi connectivity index (χ1v) is 8.00. The average molecular weight is 289 g/mol. The van der Waals surface area contributed by atoms with Gasteiger partial charge in [-0.15, -0.1) is 0 Å². The monoisotopic (exact) mass is 289 g/mol. The van der Waals surface area contributed by atoms with Crippen LogP contribution in [-0.2, 0) is 15.7 Å². The zero-order chi connectivity index (χ0) is 15.5. The van der Waals surface area contributed by atoms with Gasteiger partial charge in [-0.3, -0.25) is 0 Å². The number of nitrogen functional groups attached to an aromatic ring is 1. The summed E-state index contributed by atoms with van der Waals surface area (Å²) in [5.74, 6) is 0. The molecule has 0 radical (unpaired) electrons. The molecule has 0 amide bonds. The van der Waals surface area contributed by atoms with Gasteiger partial charge in [-0.2, -0.15) is 0 Å². The predicted octanol–water partition coefficient (Wildman–Crippen LogP) is 4.07. The Morgan fingerprint density at radius 3 is 2.05 bits per heavy atom. The van der Waals surface area contributed by atoms with Crippen LogP contribution in [0.4, 0.5) is 5.69 Å². The molecule has 0 spiro atoms. The van der Waals surface area contributed by atoms with Crippen LogP contribution in [0, 0.1) is 0 Å². The number of anilines is 1. The van der Waals surface area contributed by atoms with Crippen LogP contribution in [0.5, 0.6) is 0 Å². The van der Waals surface area contributed by atoms with Gasteiger partial charge in [0, 0.05) is 5.69 Å². The number of benzene rings is 1. The smallest absolute Gasteiger partial charge is 0.403 e. The van der Waals surface area contributed by atoms with Crippen LogP contribution in [-0.4, -0.2) is 18.3 Å². The maximum atomic E-state index is 6.01. The fourth-order valence-electron chi connectivity index (χ4n) is 2.58. The van der Waals surface area contributed by atoms with Crippen LogP contribution in [0.3, 0.4) is 0 Å². The van der Waals surface area contributed by atoms with E-state index in [1.165, 1.54) is 18.4 Å². The van der Waals surface area contributed by atoms with Crippen molar-refractivity contribution >= 4 is 12.8 Å². The molecule has 116 valence electrons. The molecule has 0 aromatic heterocycles. The van der Waals surface area contributed by atoms with E-state index >= 15 is 0 Å². The van der Waals surface area contributed by atoms with Crippen molar-refractivity contribution in [3.8, 4) is 0 Å². The summed E-state index contributed by atoms with van der Waals surface area (Å²) in [6, 6.07) is 8.17. The van der Waals surface area contributed by atoms with Crippen LogP contribution in [0.2, 0.25) is 6.32 Å². The lowest BCUT2D eigenvalue weighted by atomic mass is 9.82. The molecule has 2 N–H and O–H groups in total. The lowest BCUT2D eigenvalue weighted by Crippen LogP contribution is -2.41. The van der Waals surface area contributed by atoms with Crippen molar-refractivity contribution in [3.05, 3.63) is 29.8 Å². The summed E-state index contributed by atoms with van der Waals surface area (Å²) in [6.45, 7) is 8.42. The van der Waals surface area contributed by atoms with E-state index in [1.54, 1.807) is 0 Å². The van der Waals surface area contributed by atoms with Crippen molar-refractivity contribution in [1.82, 2.24) is 0 Å². The molecule has 4 heteroatoms. The average Bonchev–Trinajstić information content (AvgIpc) is 2.59. The fraction of sp³-hybridized carbons (Fsp3) is 0.647. The highest BCUT2D eigenvalue weighted by molar-refractivity contribution is 6.45. The van der Waals surface area contributed by atoms with Crippen LogP contribution < -0.4 is 5.73 Å². The first-order chi connectivity index (χ1) is 9.80. The zero-order valence-corrected chi connectivity index (χ0v) is 13.8. The van der Waals surface area contributed by atoms with Crippen molar-refractivity contribution in [1.29, 1.82) is 0 Å². The molecular weight excluding hydrogens is 261 g/mol. The first-order valence-electron chi connectivity index (χ1n) is 8.00. The third-order valence-corrected chi connectivity index (χ3v) is 4.69. The molecule has 1 saturated heterocycles. The molecule has 0 saturated carbocycles. The van der Waals surface area contributed by atoms with Crippen molar-refractivity contribution in [2.75, 3.05) is 5.73 Å².